The van der Waals surface area contributed by atoms with Crippen molar-refractivity contribution in [2.75, 3.05) is 10.5 Å². The Morgan fingerprint density at radius 2 is 1.75 bits per heavy atom. The lowest BCUT2D eigenvalue weighted by Crippen LogP contribution is -2.14. The van der Waals surface area contributed by atoms with Crippen LogP contribution in [0, 0.1) is 11.6 Å². The molecule has 2 aromatic carbocycles. The van der Waals surface area contributed by atoms with Crippen molar-refractivity contribution >= 4 is 37.3 Å². The van der Waals surface area contributed by atoms with Crippen molar-refractivity contribution in [3.05, 3.63) is 52.5 Å². The molecule has 0 spiro atoms. The molecular formula is C12H9BrF2N2O2S. The van der Waals surface area contributed by atoms with Gasteiger partial charge in [0, 0.05) is 10.5 Å². The summed E-state index contributed by atoms with van der Waals surface area (Å²) in [7, 11) is -4.14. The van der Waals surface area contributed by atoms with Gasteiger partial charge >= 0.3 is 0 Å². The van der Waals surface area contributed by atoms with Crippen molar-refractivity contribution in [3.8, 4) is 0 Å². The Morgan fingerprint density at radius 1 is 1.05 bits per heavy atom. The van der Waals surface area contributed by atoms with Crippen molar-refractivity contribution < 1.29 is 17.2 Å². The standard InChI is InChI=1S/C12H9BrF2N2O2S/c13-7-1-4-12(10(15)5-7)20(18,19)17-8-2-3-11(16)9(14)6-8/h1-6,17H,16H2. The molecule has 0 heterocycles. The van der Waals surface area contributed by atoms with Crippen LogP contribution in [0.4, 0.5) is 20.2 Å². The predicted octanol–water partition coefficient (Wildman–Crippen LogP) is 3.11. The van der Waals surface area contributed by atoms with Crippen LogP contribution in [0.25, 0.3) is 0 Å². The maximum absolute atomic E-state index is 13.6. The van der Waals surface area contributed by atoms with Gasteiger partial charge in [-0.1, -0.05) is 15.9 Å². The number of rotatable bonds is 3. The van der Waals surface area contributed by atoms with E-state index >= 15 is 0 Å². The van der Waals surface area contributed by atoms with Crippen molar-refractivity contribution in [1.29, 1.82) is 0 Å². The number of nitrogen functional groups attached to an aromatic ring is 1. The molecule has 0 aromatic heterocycles. The van der Waals surface area contributed by atoms with E-state index in [-0.39, 0.29) is 11.4 Å². The minimum absolute atomic E-state index is 0.0426. The monoisotopic (exact) mass is 362 g/mol. The van der Waals surface area contributed by atoms with Gasteiger partial charge in [-0.3, -0.25) is 4.72 Å². The van der Waals surface area contributed by atoms with Gasteiger partial charge in [0.05, 0.1) is 11.4 Å². The second kappa shape index (κ2) is 5.37. The van der Waals surface area contributed by atoms with E-state index < -0.39 is 26.6 Å². The number of nitrogens with two attached hydrogens (primary N) is 1. The molecule has 0 atom stereocenters. The van der Waals surface area contributed by atoms with Gasteiger partial charge in [0.25, 0.3) is 10.0 Å². The number of hydrogen-bond acceptors (Lipinski definition) is 3. The smallest absolute Gasteiger partial charge is 0.264 e. The van der Waals surface area contributed by atoms with E-state index in [2.05, 4.69) is 20.7 Å². The van der Waals surface area contributed by atoms with Crippen LogP contribution < -0.4 is 10.5 Å². The number of hydrogen-bond donors (Lipinski definition) is 2. The molecule has 0 saturated heterocycles. The Labute approximate surface area is 122 Å². The summed E-state index contributed by atoms with van der Waals surface area (Å²) in [4.78, 5) is -0.530. The highest BCUT2D eigenvalue weighted by atomic mass is 79.9. The number of halogens is 3. The topological polar surface area (TPSA) is 72.2 Å². The van der Waals surface area contributed by atoms with Crippen LogP contribution in [0.2, 0.25) is 0 Å². The van der Waals surface area contributed by atoms with Gasteiger partial charge in [0.1, 0.15) is 16.5 Å². The summed E-state index contributed by atoms with van der Waals surface area (Å²) in [6.45, 7) is 0. The summed E-state index contributed by atoms with van der Waals surface area (Å²) in [5.74, 6) is -1.68. The minimum atomic E-state index is -4.14. The summed E-state index contributed by atoms with van der Waals surface area (Å²) in [5, 5.41) is 0. The fourth-order valence-corrected chi connectivity index (χ4v) is 2.94. The van der Waals surface area contributed by atoms with E-state index in [0.717, 1.165) is 18.2 Å². The molecule has 8 heteroatoms. The molecule has 0 amide bonds. The van der Waals surface area contributed by atoms with Crippen LogP contribution in [0.3, 0.4) is 0 Å². The average Bonchev–Trinajstić information content (AvgIpc) is 2.33. The SMILES string of the molecule is Nc1ccc(NS(=O)(=O)c2ccc(Br)cc2F)cc1F. The van der Waals surface area contributed by atoms with Crippen LogP contribution in [0.1, 0.15) is 0 Å². The number of nitrogens with one attached hydrogen (secondary N) is 1. The third kappa shape index (κ3) is 3.07. The zero-order valence-corrected chi connectivity index (χ0v) is 12.3. The Bertz CT molecular complexity index is 766. The molecule has 0 aliphatic heterocycles. The predicted molar refractivity (Wildman–Crippen MR) is 75.7 cm³/mol. The molecule has 3 N–H and O–H groups in total. The molecule has 0 aliphatic carbocycles. The molecular weight excluding hydrogens is 354 g/mol. The first kappa shape index (κ1) is 14.7. The summed E-state index contributed by atoms with van der Waals surface area (Å²) in [5.41, 5.74) is 5.14. The van der Waals surface area contributed by atoms with E-state index in [1.54, 1.807) is 0 Å². The summed E-state index contributed by atoms with van der Waals surface area (Å²) in [6.07, 6.45) is 0. The summed E-state index contributed by atoms with van der Waals surface area (Å²) < 4.78 is 53.4. The van der Waals surface area contributed by atoms with Gasteiger partial charge in [-0.25, -0.2) is 17.2 Å². The Hall–Kier alpha value is -1.67. The number of benzene rings is 2. The molecule has 20 heavy (non-hydrogen) atoms. The molecule has 2 rings (SSSR count). The summed E-state index contributed by atoms with van der Waals surface area (Å²) >= 11 is 3.03. The lowest BCUT2D eigenvalue weighted by atomic mass is 10.3. The van der Waals surface area contributed by atoms with Crippen LogP contribution >= 0.6 is 15.9 Å². The molecule has 0 fully saturated rings. The first-order valence-corrected chi connectivity index (χ1v) is 7.60. The Balaban J connectivity index is 2.38. The Kier molecular flexibility index (Phi) is 3.96. The lowest BCUT2D eigenvalue weighted by Gasteiger charge is -2.09. The van der Waals surface area contributed by atoms with Gasteiger partial charge in [-0.2, -0.15) is 0 Å². The van der Waals surface area contributed by atoms with Crippen LogP contribution in [0.15, 0.2) is 45.8 Å². The second-order valence-electron chi connectivity index (χ2n) is 3.92. The molecule has 0 aliphatic rings. The van der Waals surface area contributed by atoms with Crippen molar-refractivity contribution in [2.24, 2.45) is 0 Å². The zero-order chi connectivity index (χ0) is 14.9. The zero-order valence-electron chi connectivity index (χ0n) is 9.90. The first-order valence-electron chi connectivity index (χ1n) is 5.32. The van der Waals surface area contributed by atoms with E-state index in [1.165, 1.54) is 18.2 Å². The maximum Gasteiger partial charge on any atom is 0.264 e. The lowest BCUT2D eigenvalue weighted by molar-refractivity contribution is 0.570. The third-order valence-electron chi connectivity index (χ3n) is 2.44. The quantitative estimate of drug-likeness (QED) is 0.824. The van der Waals surface area contributed by atoms with E-state index in [1.807, 2.05) is 0 Å². The van der Waals surface area contributed by atoms with E-state index in [0.29, 0.717) is 4.47 Å². The molecule has 0 radical (unpaired) electrons. The van der Waals surface area contributed by atoms with Gasteiger partial charge in [-0.15, -0.1) is 0 Å². The van der Waals surface area contributed by atoms with Crippen molar-refractivity contribution in [1.82, 2.24) is 0 Å². The maximum atomic E-state index is 13.6. The van der Waals surface area contributed by atoms with Gasteiger partial charge < -0.3 is 5.73 Å². The van der Waals surface area contributed by atoms with E-state index in [4.69, 9.17) is 5.73 Å². The van der Waals surface area contributed by atoms with Gasteiger partial charge in [0.15, 0.2) is 0 Å². The fraction of sp³-hybridized carbons (Fsp3) is 0. The van der Waals surface area contributed by atoms with Crippen molar-refractivity contribution in [3.63, 3.8) is 0 Å². The number of sulfonamides is 1. The Morgan fingerprint density at radius 3 is 2.35 bits per heavy atom. The van der Waals surface area contributed by atoms with Crippen molar-refractivity contribution in [2.45, 2.75) is 4.90 Å². The average molecular weight is 363 g/mol. The van der Waals surface area contributed by atoms with Crippen LogP contribution in [-0.2, 0) is 10.0 Å². The largest absolute Gasteiger partial charge is 0.396 e. The molecule has 0 saturated carbocycles. The molecule has 0 unspecified atom stereocenters. The first-order chi connectivity index (χ1) is 9.29. The second-order valence-corrected chi connectivity index (χ2v) is 6.48. The minimum Gasteiger partial charge on any atom is -0.396 e. The summed E-state index contributed by atoms with van der Waals surface area (Å²) in [6, 6.07) is 6.94. The molecule has 4 nitrogen and oxygen atoms in total. The third-order valence-corrected chi connectivity index (χ3v) is 4.34. The van der Waals surface area contributed by atoms with Crippen LogP contribution in [-0.4, -0.2) is 8.42 Å². The molecule has 0 bridgehead atoms. The van der Waals surface area contributed by atoms with E-state index in [9.17, 15) is 17.2 Å². The highest BCUT2D eigenvalue weighted by Crippen LogP contribution is 2.23. The highest BCUT2D eigenvalue weighted by molar-refractivity contribution is 9.10. The normalized spacial score (nSPS) is 11.3. The fourth-order valence-electron chi connectivity index (χ4n) is 1.49. The van der Waals surface area contributed by atoms with Gasteiger partial charge in [-0.05, 0) is 30.3 Å². The molecule has 2 aromatic rings. The van der Waals surface area contributed by atoms with Gasteiger partial charge in [0.2, 0.25) is 0 Å². The number of anilines is 2. The highest BCUT2D eigenvalue weighted by Gasteiger charge is 2.19. The molecule has 106 valence electrons. The van der Waals surface area contributed by atoms with Crippen LogP contribution in [0.5, 0.6) is 0 Å².